The van der Waals surface area contributed by atoms with Crippen LogP contribution >= 0.6 is 11.8 Å². The summed E-state index contributed by atoms with van der Waals surface area (Å²) in [5.74, 6) is -0.0939. The molecule has 1 aromatic heterocycles. The molecule has 0 fully saturated rings. The summed E-state index contributed by atoms with van der Waals surface area (Å²) >= 11 is 1.19. The third-order valence-corrected chi connectivity index (χ3v) is 4.21. The molecule has 0 aliphatic carbocycles. The molecular weight excluding hydrogens is 326 g/mol. The van der Waals surface area contributed by atoms with Gasteiger partial charge in [0.2, 0.25) is 11.0 Å². The molecule has 3 rings (SSSR count). The fraction of sp³-hybridized carbons (Fsp3) is 0.214. The average Bonchev–Trinajstić information content (AvgIpc) is 2.90. The van der Waals surface area contributed by atoms with Crippen molar-refractivity contribution in [2.45, 2.75) is 18.5 Å². The van der Waals surface area contributed by atoms with E-state index in [2.05, 4.69) is 15.3 Å². The molecule has 2 aromatic rings. The van der Waals surface area contributed by atoms with Gasteiger partial charge in [0.1, 0.15) is 0 Å². The van der Waals surface area contributed by atoms with E-state index in [0.29, 0.717) is 11.5 Å². The van der Waals surface area contributed by atoms with Gasteiger partial charge in [-0.1, -0.05) is 6.07 Å². The number of ether oxygens (including phenoxy) is 1. The van der Waals surface area contributed by atoms with Gasteiger partial charge < -0.3 is 9.84 Å². The Kier molecular flexibility index (Phi) is 4.03. The number of allylic oxidation sites excluding steroid dienone is 1. The number of methoxy groups -OCH3 is 1. The van der Waals surface area contributed by atoms with E-state index in [9.17, 15) is 13.9 Å². The minimum absolute atomic E-state index is 0.0143. The number of benzene rings is 1. The maximum atomic E-state index is 12.8. The van der Waals surface area contributed by atoms with E-state index in [1.54, 1.807) is 31.2 Å². The van der Waals surface area contributed by atoms with Crippen molar-refractivity contribution in [1.82, 2.24) is 14.9 Å². The van der Waals surface area contributed by atoms with E-state index >= 15 is 0 Å². The van der Waals surface area contributed by atoms with Crippen LogP contribution in [-0.2, 0) is 0 Å². The number of rotatable bonds is 3. The number of hydrogen-bond donors (Lipinski definition) is 1. The Balaban J connectivity index is 1.95. The van der Waals surface area contributed by atoms with Crippen molar-refractivity contribution in [3.63, 3.8) is 0 Å². The second-order valence-corrected chi connectivity index (χ2v) is 5.69. The third-order valence-electron chi connectivity index (χ3n) is 3.14. The Bertz CT molecular complexity index is 817. The maximum absolute atomic E-state index is 12.8. The number of phenols is 1. The van der Waals surface area contributed by atoms with Gasteiger partial charge in [0.15, 0.2) is 11.5 Å². The molecule has 1 N–H and O–H groups in total. The monoisotopic (exact) mass is 338 g/mol. The number of alkyl halides is 2. The average molecular weight is 338 g/mol. The molecule has 0 spiro atoms. The van der Waals surface area contributed by atoms with E-state index in [1.165, 1.54) is 18.9 Å². The highest BCUT2D eigenvalue weighted by Crippen LogP contribution is 2.35. The highest BCUT2D eigenvalue weighted by atomic mass is 32.2. The summed E-state index contributed by atoms with van der Waals surface area (Å²) in [7, 11) is 1.47. The Morgan fingerprint density at radius 2 is 2.13 bits per heavy atom. The van der Waals surface area contributed by atoms with Crippen LogP contribution in [0.2, 0.25) is 0 Å². The molecule has 0 saturated heterocycles. The third kappa shape index (κ3) is 2.91. The van der Waals surface area contributed by atoms with Crippen molar-refractivity contribution in [2.75, 3.05) is 7.11 Å². The zero-order valence-corrected chi connectivity index (χ0v) is 13.0. The molecule has 2 heterocycles. The van der Waals surface area contributed by atoms with Gasteiger partial charge in [0, 0.05) is 4.91 Å². The molecule has 0 bridgehead atoms. The van der Waals surface area contributed by atoms with Gasteiger partial charge in [0.05, 0.1) is 12.8 Å². The predicted molar refractivity (Wildman–Crippen MR) is 82.0 cm³/mol. The van der Waals surface area contributed by atoms with Crippen LogP contribution in [0, 0.1) is 0 Å². The van der Waals surface area contributed by atoms with Gasteiger partial charge in [-0.3, -0.25) is 0 Å². The van der Waals surface area contributed by atoms with Gasteiger partial charge in [-0.15, -0.1) is 10.2 Å². The molecule has 9 heteroatoms. The minimum Gasteiger partial charge on any atom is -0.504 e. The number of aromatic nitrogens is 3. The second-order valence-electron chi connectivity index (χ2n) is 4.68. The molecule has 0 saturated carbocycles. The second kappa shape index (κ2) is 5.99. The summed E-state index contributed by atoms with van der Waals surface area (Å²) in [5.41, 5.74) is 1.28. The van der Waals surface area contributed by atoms with Crippen LogP contribution < -0.4 is 4.74 Å². The minimum atomic E-state index is -2.74. The summed E-state index contributed by atoms with van der Waals surface area (Å²) < 4.78 is 31.7. The van der Waals surface area contributed by atoms with Gasteiger partial charge in [0.25, 0.3) is 6.43 Å². The lowest BCUT2D eigenvalue weighted by Gasteiger charge is -2.14. The van der Waals surface area contributed by atoms with Crippen LogP contribution in [0.1, 0.15) is 24.7 Å². The van der Waals surface area contributed by atoms with E-state index in [4.69, 9.17) is 4.74 Å². The van der Waals surface area contributed by atoms with Crippen molar-refractivity contribution in [3.8, 4) is 11.5 Å². The largest absolute Gasteiger partial charge is 0.504 e. The molecule has 1 aliphatic rings. The number of halogens is 2. The van der Waals surface area contributed by atoms with Gasteiger partial charge in [-0.05, 0) is 42.5 Å². The molecular formula is C14H12F2N4O2S. The number of aromatic hydroxyl groups is 1. The summed E-state index contributed by atoms with van der Waals surface area (Å²) in [6, 6.07) is 4.95. The van der Waals surface area contributed by atoms with E-state index in [0.717, 1.165) is 15.1 Å². The van der Waals surface area contributed by atoms with Crippen molar-refractivity contribution < 1.29 is 18.6 Å². The number of fused-ring (bicyclic) bond motifs is 1. The summed E-state index contributed by atoms with van der Waals surface area (Å²) in [6.07, 6.45) is -0.958. The Morgan fingerprint density at radius 1 is 1.35 bits per heavy atom. The lowest BCUT2D eigenvalue weighted by molar-refractivity contribution is 0.135. The summed E-state index contributed by atoms with van der Waals surface area (Å²) in [5, 5.41) is 21.4. The number of phenolic OH excluding ortho intramolecular Hbond substituents is 1. The SMILES string of the molecule is COc1ccc(/C=C2\Sc3nnc(C(F)F)n3N=C2C)cc1O. The van der Waals surface area contributed by atoms with Gasteiger partial charge in [-0.25, -0.2) is 8.78 Å². The summed E-state index contributed by atoms with van der Waals surface area (Å²) in [6.45, 7) is 1.71. The Hall–Kier alpha value is -2.42. The number of nitrogens with zero attached hydrogens (tertiary/aromatic N) is 4. The zero-order chi connectivity index (χ0) is 16.6. The normalized spacial score (nSPS) is 15.7. The fourth-order valence-corrected chi connectivity index (χ4v) is 2.91. The predicted octanol–water partition coefficient (Wildman–Crippen LogP) is 3.30. The first-order valence-corrected chi connectivity index (χ1v) is 7.37. The maximum Gasteiger partial charge on any atom is 0.299 e. The van der Waals surface area contributed by atoms with Crippen molar-refractivity contribution in [2.24, 2.45) is 5.10 Å². The van der Waals surface area contributed by atoms with Crippen molar-refractivity contribution in [1.29, 1.82) is 0 Å². The first kappa shape index (κ1) is 15.5. The molecule has 1 aliphatic heterocycles. The van der Waals surface area contributed by atoms with Crippen LogP contribution in [0.5, 0.6) is 11.5 Å². The molecule has 6 nitrogen and oxygen atoms in total. The van der Waals surface area contributed by atoms with Crippen LogP contribution in [0.4, 0.5) is 8.78 Å². The van der Waals surface area contributed by atoms with Crippen LogP contribution in [0.25, 0.3) is 6.08 Å². The molecule has 0 amide bonds. The Labute approximate surface area is 134 Å². The standard InChI is InChI=1S/C14H12F2N4O2S/c1-7-11(6-8-3-4-10(22-2)9(21)5-8)23-14-18-17-13(12(15)16)20(14)19-7/h3-6,12,21H,1-2H3/b11-6-. The number of hydrogen-bond acceptors (Lipinski definition) is 6. The van der Waals surface area contributed by atoms with Gasteiger partial charge >= 0.3 is 0 Å². The van der Waals surface area contributed by atoms with Gasteiger partial charge in [-0.2, -0.15) is 9.78 Å². The number of thioether (sulfide) groups is 1. The van der Waals surface area contributed by atoms with E-state index in [-0.39, 0.29) is 10.9 Å². The van der Waals surface area contributed by atoms with Crippen LogP contribution in [0.3, 0.4) is 0 Å². The fourth-order valence-electron chi connectivity index (χ4n) is 2.02. The first-order chi connectivity index (χ1) is 11.0. The zero-order valence-electron chi connectivity index (χ0n) is 12.2. The summed E-state index contributed by atoms with van der Waals surface area (Å²) in [4.78, 5) is 0.732. The highest BCUT2D eigenvalue weighted by molar-refractivity contribution is 8.04. The molecule has 0 unspecified atom stereocenters. The lowest BCUT2D eigenvalue weighted by atomic mass is 10.1. The molecule has 1 aromatic carbocycles. The topological polar surface area (TPSA) is 72.5 Å². The van der Waals surface area contributed by atoms with E-state index < -0.39 is 12.2 Å². The van der Waals surface area contributed by atoms with Crippen molar-refractivity contribution >= 4 is 23.5 Å². The van der Waals surface area contributed by atoms with Crippen LogP contribution in [0.15, 0.2) is 33.4 Å². The van der Waals surface area contributed by atoms with E-state index in [1.807, 2.05) is 0 Å². The lowest BCUT2D eigenvalue weighted by Crippen LogP contribution is -2.09. The molecule has 0 radical (unpaired) electrons. The van der Waals surface area contributed by atoms with Crippen LogP contribution in [-0.4, -0.2) is 32.8 Å². The Morgan fingerprint density at radius 3 is 2.78 bits per heavy atom. The highest BCUT2D eigenvalue weighted by Gasteiger charge is 2.25. The first-order valence-electron chi connectivity index (χ1n) is 6.55. The quantitative estimate of drug-likeness (QED) is 0.929. The molecule has 120 valence electrons. The smallest absolute Gasteiger partial charge is 0.299 e. The van der Waals surface area contributed by atoms with Crippen molar-refractivity contribution in [3.05, 3.63) is 34.5 Å². The molecule has 0 atom stereocenters. The molecule has 23 heavy (non-hydrogen) atoms.